The third-order valence-corrected chi connectivity index (χ3v) is 11.1. The lowest BCUT2D eigenvalue weighted by molar-refractivity contribution is -0.140. The van der Waals surface area contributed by atoms with E-state index < -0.39 is 28.5 Å². The number of carbonyl (C=O) groups excluding carboxylic acids is 2. The molecule has 4 aromatic rings. The molecule has 2 amide bonds. The standard InChI is InChI=1S/C38H42ClN3O4S/c1-27-17-21-34(22-18-27)47(45,46)42(33-20-19-29(3)35(39)24-33)26-37(43)41(25-31-14-8-7-11-28(31)2)36(23-30-12-5-4-6-13-30)38(44)40-32-15-9-10-16-32/h4-8,11-14,17-22,24,32,36H,9-10,15-16,23,25-26H2,1-3H3,(H,40,44)/t36-/m0/s1. The van der Waals surface area contributed by atoms with Gasteiger partial charge in [0, 0.05) is 24.0 Å². The van der Waals surface area contributed by atoms with E-state index in [1.54, 1.807) is 35.2 Å². The summed E-state index contributed by atoms with van der Waals surface area (Å²) in [5, 5.41) is 3.60. The molecule has 7 nitrogen and oxygen atoms in total. The van der Waals surface area contributed by atoms with Crippen LogP contribution >= 0.6 is 11.6 Å². The van der Waals surface area contributed by atoms with Crippen LogP contribution in [0.2, 0.25) is 5.02 Å². The maximum atomic E-state index is 14.7. The van der Waals surface area contributed by atoms with Gasteiger partial charge in [0.2, 0.25) is 11.8 Å². The van der Waals surface area contributed by atoms with Crippen LogP contribution in [0, 0.1) is 20.8 Å². The lowest BCUT2D eigenvalue weighted by atomic mass is 10.0. The molecule has 5 rings (SSSR count). The molecule has 0 spiro atoms. The van der Waals surface area contributed by atoms with Crippen LogP contribution in [0.15, 0.2) is 102 Å². The van der Waals surface area contributed by atoms with Gasteiger partial charge in [-0.1, -0.05) is 103 Å². The summed E-state index contributed by atoms with van der Waals surface area (Å²) >= 11 is 6.49. The maximum Gasteiger partial charge on any atom is 0.264 e. The molecule has 246 valence electrons. The van der Waals surface area contributed by atoms with Crippen molar-refractivity contribution in [3.05, 3.63) is 130 Å². The van der Waals surface area contributed by atoms with Crippen molar-refractivity contribution in [2.24, 2.45) is 0 Å². The molecule has 47 heavy (non-hydrogen) atoms. The molecule has 0 saturated heterocycles. The molecule has 1 N–H and O–H groups in total. The molecule has 9 heteroatoms. The Morgan fingerprint density at radius 3 is 2.17 bits per heavy atom. The van der Waals surface area contributed by atoms with Gasteiger partial charge in [-0.3, -0.25) is 13.9 Å². The molecule has 1 fully saturated rings. The number of sulfonamides is 1. The lowest BCUT2D eigenvalue weighted by Crippen LogP contribution is -2.54. The smallest absolute Gasteiger partial charge is 0.264 e. The molecule has 0 heterocycles. The maximum absolute atomic E-state index is 14.7. The van der Waals surface area contributed by atoms with Gasteiger partial charge in [-0.15, -0.1) is 0 Å². The van der Waals surface area contributed by atoms with Crippen LogP contribution in [0.3, 0.4) is 0 Å². The van der Waals surface area contributed by atoms with Crippen molar-refractivity contribution < 1.29 is 18.0 Å². The van der Waals surface area contributed by atoms with Gasteiger partial charge >= 0.3 is 0 Å². The van der Waals surface area contributed by atoms with Crippen molar-refractivity contribution in [3.8, 4) is 0 Å². The van der Waals surface area contributed by atoms with Crippen molar-refractivity contribution in [3.63, 3.8) is 0 Å². The van der Waals surface area contributed by atoms with Crippen LogP contribution in [0.4, 0.5) is 5.69 Å². The first-order valence-electron chi connectivity index (χ1n) is 16.1. The van der Waals surface area contributed by atoms with Gasteiger partial charge in [-0.05, 0) is 80.1 Å². The number of hydrogen-bond donors (Lipinski definition) is 1. The predicted octanol–water partition coefficient (Wildman–Crippen LogP) is 7.16. The van der Waals surface area contributed by atoms with E-state index in [0.29, 0.717) is 5.02 Å². The lowest BCUT2D eigenvalue weighted by Gasteiger charge is -2.34. The summed E-state index contributed by atoms with van der Waals surface area (Å²) in [4.78, 5) is 30.5. The van der Waals surface area contributed by atoms with E-state index in [9.17, 15) is 18.0 Å². The Bertz CT molecular complexity index is 1810. The Kier molecular flexibility index (Phi) is 11.0. The first kappa shape index (κ1) is 34.2. The third-order valence-electron chi connectivity index (χ3n) is 8.91. The summed E-state index contributed by atoms with van der Waals surface area (Å²) in [5.41, 5.74) is 4.69. The topological polar surface area (TPSA) is 86.8 Å². The van der Waals surface area contributed by atoms with Crippen molar-refractivity contribution in [1.29, 1.82) is 0 Å². The summed E-state index contributed by atoms with van der Waals surface area (Å²) in [5.74, 6) is -0.739. The Morgan fingerprint density at radius 2 is 1.51 bits per heavy atom. The molecule has 1 atom stereocenters. The van der Waals surface area contributed by atoms with Gasteiger partial charge in [0.1, 0.15) is 12.6 Å². The quantitative estimate of drug-likeness (QED) is 0.173. The number of aryl methyl sites for hydroxylation is 3. The number of rotatable bonds is 12. The van der Waals surface area contributed by atoms with Gasteiger partial charge < -0.3 is 10.2 Å². The summed E-state index contributed by atoms with van der Waals surface area (Å²) in [6.45, 7) is 5.28. The second-order valence-electron chi connectivity index (χ2n) is 12.4. The van der Waals surface area contributed by atoms with Crippen LogP contribution in [-0.2, 0) is 32.6 Å². The number of amides is 2. The molecule has 1 saturated carbocycles. The molecular weight excluding hydrogens is 630 g/mol. The summed E-state index contributed by atoms with van der Waals surface area (Å²) in [7, 11) is -4.21. The highest BCUT2D eigenvalue weighted by Gasteiger charge is 2.36. The molecular formula is C38H42ClN3O4S. The van der Waals surface area contributed by atoms with Crippen molar-refractivity contribution in [2.45, 2.75) is 76.4 Å². The van der Waals surface area contributed by atoms with Gasteiger partial charge in [0.05, 0.1) is 10.6 Å². The van der Waals surface area contributed by atoms with E-state index in [0.717, 1.165) is 57.8 Å². The molecule has 0 bridgehead atoms. The average molecular weight is 672 g/mol. The van der Waals surface area contributed by atoms with Crippen LogP contribution < -0.4 is 9.62 Å². The van der Waals surface area contributed by atoms with E-state index in [1.807, 2.05) is 75.4 Å². The highest BCUT2D eigenvalue weighted by Crippen LogP contribution is 2.29. The molecule has 0 radical (unpaired) electrons. The van der Waals surface area contributed by atoms with Crippen LogP contribution in [-0.4, -0.2) is 43.8 Å². The zero-order valence-electron chi connectivity index (χ0n) is 27.2. The highest BCUT2D eigenvalue weighted by atomic mass is 35.5. The zero-order chi connectivity index (χ0) is 33.6. The Hall–Kier alpha value is -4.14. The molecule has 0 aromatic heterocycles. The molecule has 4 aromatic carbocycles. The summed E-state index contributed by atoms with van der Waals surface area (Å²) in [6.07, 6.45) is 4.16. The number of halogens is 1. The Labute approximate surface area is 283 Å². The van der Waals surface area contributed by atoms with E-state index >= 15 is 0 Å². The van der Waals surface area contributed by atoms with Gasteiger partial charge in [0.25, 0.3) is 10.0 Å². The zero-order valence-corrected chi connectivity index (χ0v) is 28.7. The fourth-order valence-electron chi connectivity index (χ4n) is 6.00. The monoisotopic (exact) mass is 671 g/mol. The second-order valence-corrected chi connectivity index (χ2v) is 14.7. The molecule has 1 aliphatic carbocycles. The summed E-state index contributed by atoms with van der Waals surface area (Å²) in [6, 6.07) is 28.0. The minimum Gasteiger partial charge on any atom is -0.352 e. The van der Waals surface area contributed by atoms with E-state index in [2.05, 4.69) is 5.32 Å². The molecule has 0 aliphatic heterocycles. The normalized spacial score (nSPS) is 14.0. The first-order chi connectivity index (χ1) is 22.5. The van der Waals surface area contributed by atoms with Crippen LogP contribution in [0.5, 0.6) is 0 Å². The fourth-order valence-corrected chi connectivity index (χ4v) is 7.58. The number of hydrogen-bond acceptors (Lipinski definition) is 4. The third kappa shape index (κ3) is 8.42. The van der Waals surface area contributed by atoms with Crippen molar-refractivity contribution >= 4 is 39.1 Å². The van der Waals surface area contributed by atoms with Crippen molar-refractivity contribution in [2.75, 3.05) is 10.8 Å². The second kappa shape index (κ2) is 15.2. The number of anilines is 1. The Balaban J connectivity index is 1.58. The largest absolute Gasteiger partial charge is 0.352 e. The number of benzene rings is 4. The highest BCUT2D eigenvalue weighted by molar-refractivity contribution is 7.92. The first-order valence-corrected chi connectivity index (χ1v) is 17.9. The minimum absolute atomic E-state index is 0.0456. The minimum atomic E-state index is -4.21. The average Bonchev–Trinajstić information content (AvgIpc) is 3.57. The van der Waals surface area contributed by atoms with E-state index in [4.69, 9.17) is 11.6 Å². The number of nitrogens with zero attached hydrogens (tertiary/aromatic N) is 2. The van der Waals surface area contributed by atoms with E-state index in [1.165, 1.54) is 12.1 Å². The fraction of sp³-hybridized carbons (Fsp3) is 0.316. The van der Waals surface area contributed by atoms with Crippen molar-refractivity contribution in [1.82, 2.24) is 10.2 Å². The summed E-state index contributed by atoms with van der Waals surface area (Å²) < 4.78 is 29.6. The van der Waals surface area contributed by atoms with Crippen LogP contribution in [0.25, 0.3) is 0 Å². The number of nitrogens with one attached hydrogen (secondary N) is 1. The van der Waals surface area contributed by atoms with Gasteiger partial charge in [0.15, 0.2) is 0 Å². The van der Waals surface area contributed by atoms with Gasteiger partial charge in [-0.2, -0.15) is 0 Å². The van der Waals surface area contributed by atoms with E-state index in [-0.39, 0.29) is 35.5 Å². The van der Waals surface area contributed by atoms with Gasteiger partial charge in [-0.25, -0.2) is 8.42 Å². The Morgan fingerprint density at radius 1 is 0.851 bits per heavy atom. The molecule has 1 aliphatic rings. The predicted molar refractivity (Wildman–Crippen MR) is 188 cm³/mol. The number of carbonyl (C=O) groups is 2. The molecule has 0 unspecified atom stereocenters. The SMILES string of the molecule is Cc1ccc(S(=O)(=O)N(CC(=O)N(Cc2ccccc2C)[C@@H](Cc2ccccc2)C(=O)NC2CCCC2)c2ccc(C)c(Cl)c2)cc1. The van der Waals surface area contributed by atoms with Crippen LogP contribution in [0.1, 0.15) is 53.5 Å².